The van der Waals surface area contributed by atoms with E-state index in [0.717, 1.165) is 16.4 Å². The van der Waals surface area contributed by atoms with Crippen LogP contribution in [0.2, 0.25) is 0 Å². The molecule has 1 aromatic heterocycles. The van der Waals surface area contributed by atoms with E-state index in [2.05, 4.69) is 10.3 Å². The molecular formula is C15H18ClF3N4O2S. The van der Waals surface area contributed by atoms with Crippen LogP contribution in [0.15, 0.2) is 41.6 Å². The Kier molecular flexibility index (Phi) is 6.01. The van der Waals surface area contributed by atoms with E-state index in [1.807, 2.05) is 0 Å². The second-order valence-electron chi connectivity index (χ2n) is 5.73. The van der Waals surface area contributed by atoms with Gasteiger partial charge < -0.3 is 9.88 Å². The quantitative estimate of drug-likeness (QED) is 0.842. The van der Waals surface area contributed by atoms with Crippen LogP contribution in [-0.4, -0.2) is 41.9 Å². The highest BCUT2D eigenvalue weighted by atomic mass is 35.5. The lowest BCUT2D eigenvalue weighted by molar-refractivity contribution is -0.139. The minimum atomic E-state index is -4.75. The Morgan fingerprint density at radius 3 is 2.58 bits per heavy atom. The molecule has 1 N–H and O–H groups in total. The van der Waals surface area contributed by atoms with Crippen molar-refractivity contribution in [3.8, 4) is 0 Å². The van der Waals surface area contributed by atoms with Gasteiger partial charge in [-0.25, -0.2) is 13.4 Å². The minimum absolute atomic E-state index is 0. The summed E-state index contributed by atoms with van der Waals surface area (Å²) >= 11 is 0. The van der Waals surface area contributed by atoms with Gasteiger partial charge in [-0.1, -0.05) is 12.1 Å². The normalized spacial score (nSPS) is 19.2. The van der Waals surface area contributed by atoms with Gasteiger partial charge >= 0.3 is 6.18 Å². The largest absolute Gasteiger partial charge is 0.417 e. The summed E-state index contributed by atoms with van der Waals surface area (Å²) in [4.78, 5) is 3.43. The fourth-order valence-electron chi connectivity index (χ4n) is 2.94. The Bertz CT molecular complexity index is 870. The number of nitrogens with zero attached hydrogens (tertiary/aromatic N) is 3. The second kappa shape index (κ2) is 7.55. The van der Waals surface area contributed by atoms with Crippen molar-refractivity contribution in [3.05, 3.63) is 48.0 Å². The second-order valence-corrected chi connectivity index (χ2v) is 7.58. The van der Waals surface area contributed by atoms with Crippen molar-refractivity contribution in [2.75, 3.05) is 19.6 Å². The number of rotatable bonds is 3. The van der Waals surface area contributed by atoms with Gasteiger partial charge in [0.15, 0.2) is 0 Å². The summed E-state index contributed by atoms with van der Waals surface area (Å²) in [5, 5.41) is 3.07. The van der Waals surface area contributed by atoms with E-state index in [9.17, 15) is 21.6 Å². The molecule has 26 heavy (non-hydrogen) atoms. The summed E-state index contributed by atoms with van der Waals surface area (Å²) in [5.41, 5.74) is -1.16. The summed E-state index contributed by atoms with van der Waals surface area (Å²) in [6, 6.07) is 3.57. The lowest BCUT2D eigenvalue weighted by atomic mass is 10.2. The first kappa shape index (κ1) is 20.7. The predicted octanol–water partition coefficient (Wildman–Crippen LogP) is 2.20. The molecule has 2 aromatic rings. The summed E-state index contributed by atoms with van der Waals surface area (Å²) in [7, 11) is -2.63. The molecule has 1 aliphatic rings. The molecular weight excluding hydrogens is 393 g/mol. The van der Waals surface area contributed by atoms with Crippen LogP contribution in [0.4, 0.5) is 13.2 Å². The Labute approximate surface area is 155 Å². The molecule has 0 spiro atoms. The molecule has 0 aliphatic carbocycles. The molecule has 2 heterocycles. The summed E-state index contributed by atoms with van der Waals surface area (Å²) in [6.45, 7) is 0.693. The molecule has 1 atom stereocenters. The van der Waals surface area contributed by atoms with E-state index < -0.39 is 32.7 Å². The van der Waals surface area contributed by atoms with Crippen molar-refractivity contribution in [1.29, 1.82) is 0 Å². The number of sulfonamides is 1. The van der Waals surface area contributed by atoms with Gasteiger partial charge in [-0.3, -0.25) is 0 Å². The molecule has 1 saturated heterocycles. The highest BCUT2D eigenvalue weighted by Crippen LogP contribution is 2.37. The average molecular weight is 411 g/mol. The van der Waals surface area contributed by atoms with Gasteiger partial charge in [0.25, 0.3) is 0 Å². The zero-order valence-corrected chi connectivity index (χ0v) is 15.4. The molecule has 1 aromatic carbocycles. The van der Waals surface area contributed by atoms with Gasteiger partial charge in [0.1, 0.15) is 5.82 Å². The SMILES string of the molecule is Cl.Cn1ccnc1C1CNCCN1S(=O)(=O)c1ccccc1C(F)(F)F. The van der Waals surface area contributed by atoms with Crippen molar-refractivity contribution < 1.29 is 21.6 Å². The van der Waals surface area contributed by atoms with E-state index >= 15 is 0 Å². The predicted molar refractivity (Wildman–Crippen MR) is 91.4 cm³/mol. The van der Waals surface area contributed by atoms with Gasteiger partial charge in [0, 0.05) is 39.1 Å². The van der Waals surface area contributed by atoms with Gasteiger partial charge in [-0.05, 0) is 12.1 Å². The van der Waals surface area contributed by atoms with Gasteiger partial charge in [-0.15, -0.1) is 12.4 Å². The van der Waals surface area contributed by atoms with Gasteiger partial charge in [0.05, 0.1) is 16.5 Å². The van der Waals surface area contributed by atoms with Crippen molar-refractivity contribution in [2.45, 2.75) is 17.1 Å². The van der Waals surface area contributed by atoms with E-state index in [0.29, 0.717) is 12.4 Å². The summed E-state index contributed by atoms with van der Waals surface area (Å²) in [6.07, 6.45) is -1.56. The Morgan fingerprint density at radius 1 is 1.27 bits per heavy atom. The molecule has 1 unspecified atom stereocenters. The van der Waals surface area contributed by atoms with Crippen LogP contribution in [0.3, 0.4) is 0 Å². The lowest BCUT2D eigenvalue weighted by Crippen LogP contribution is -2.49. The minimum Gasteiger partial charge on any atom is -0.337 e. The molecule has 0 amide bonds. The van der Waals surface area contributed by atoms with Crippen molar-refractivity contribution in [1.82, 2.24) is 19.2 Å². The number of piperazine rings is 1. The number of hydrogen-bond donors (Lipinski definition) is 1. The number of benzene rings is 1. The van der Waals surface area contributed by atoms with E-state index in [4.69, 9.17) is 0 Å². The summed E-state index contributed by atoms with van der Waals surface area (Å²) < 4.78 is 68.6. The number of aromatic nitrogens is 2. The molecule has 0 saturated carbocycles. The Hall–Kier alpha value is -1.62. The monoisotopic (exact) mass is 410 g/mol. The van der Waals surface area contributed by atoms with E-state index in [-0.39, 0.29) is 25.5 Å². The van der Waals surface area contributed by atoms with Crippen molar-refractivity contribution in [2.24, 2.45) is 7.05 Å². The third kappa shape index (κ3) is 3.73. The number of aryl methyl sites for hydroxylation is 1. The highest BCUT2D eigenvalue weighted by Gasteiger charge is 2.42. The average Bonchev–Trinajstić information content (AvgIpc) is 3.00. The Balaban J connectivity index is 0.00000243. The van der Waals surface area contributed by atoms with Crippen LogP contribution in [0, 0.1) is 0 Å². The molecule has 11 heteroatoms. The van der Waals surface area contributed by atoms with Crippen LogP contribution in [-0.2, 0) is 23.2 Å². The number of halogens is 4. The molecule has 1 aliphatic heterocycles. The maximum Gasteiger partial charge on any atom is 0.417 e. The Morgan fingerprint density at radius 2 is 1.96 bits per heavy atom. The molecule has 0 bridgehead atoms. The third-order valence-electron chi connectivity index (χ3n) is 4.13. The van der Waals surface area contributed by atoms with Crippen LogP contribution in [0.25, 0.3) is 0 Å². The molecule has 3 rings (SSSR count). The maximum absolute atomic E-state index is 13.3. The number of nitrogens with one attached hydrogen (secondary N) is 1. The zero-order valence-electron chi connectivity index (χ0n) is 13.8. The van der Waals surface area contributed by atoms with Crippen LogP contribution in [0.5, 0.6) is 0 Å². The standard InChI is InChI=1S/C15H17F3N4O2S.ClH/c1-21-8-7-20-14(21)12-10-19-6-9-22(12)25(23,24)13-5-3-2-4-11(13)15(16,17)18;/h2-5,7-8,12,19H,6,9-10H2,1H3;1H. The molecule has 6 nitrogen and oxygen atoms in total. The van der Waals surface area contributed by atoms with E-state index in [1.54, 1.807) is 17.8 Å². The first-order chi connectivity index (χ1) is 11.7. The van der Waals surface area contributed by atoms with Crippen LogP contribution in [0.1, 0.15) is 17.4 Å². The molecule has 0 radical (unpaired) electrons. The summed E-state index contributed by atoms with van der Waals surface area (Å²) in [5.74, 6) is 0.472. The smallest absolute Gasteiger partial charge is 0.337 e. The van der Waals surface area contributed by atoms with Crippen LogP contribution >= 0.6 is 12.4 Å². The van der Waals surface area contributed by atoms with Gasteiger partial charge in [-0.2, -0.15) is 17.5 Å². The first-order valence-corrected chi connectivity index (χ1v) is 9.03. The number of imidazole rings is 1. The van der Waals surface area contributed by atoms with E-state index in [1.165, 1.54) is 18.3 Å². The van der Waals surface area contributed by atoms with Crippen molar-refractivity contribution >= 4 is 22.4 Å². The van der Waals surface area contributed by atoms with Crippen molar-refractivity contribution in [3.63, 3.8) is 0 Å². The third-order valence-corrected chi connectivity index (χ3v) is 6.10. The first-order valence-electron chi connectivity index (χ1n) is 7.59. The fraction of sp³-hybridized carbons (Fsp3) is 0.400. The topological polar surface area (TPSA) is 67.2 Å². The fourth-order valence-corrected chi connectivity index (χ4v) is 4.74. The lowest BCUT2D eigenvalue weighted by Gasteiger charge is -2.35. The highest BCUT2D eigenvalue weighted by molar-refractivity contribution is 7.89. The molecule has 144 valence electrons. The maximum atomic E-state index is 13.3. The van der Waals surface area contributed by atoms with Crippen LogP contribution < -0.4 is 5.32 Å². The molecule has 1 fully saturated rings. The number of alkyl halides is 3. The number of hydrogen-bond acceptors (Lipinski definition) is 4. The zero-order chi connectivity index (χ0) is 18.2. The van der Waals surface area contributed by atoms with Gasteiger partial charge in [0.2, 0.25) is 10.0 Å².